The number of nitrogens with one attached hydrogen (secondary N) is 2. The van der Waals surface area contributed by atoms with Gasteiger partial charge >= 0.3 is 0 Å². The number of sulfonamides is 1. The Hall–Kier alpha value is -1.80. The Morgan fingerprint density at radius 1 is 1.19 bits per heavy atom. The molecule has 1 rings (SSSR count). The van der Waals surface area contributed by atoms with Gasteiger partial charge in [-0.05, 0) is 52.2 Å². The van der Waals surface area contributed by atoms with E-state index in [2.05, 4.69) is 17.0 Å². The van der Waals surface area contributed by atoms with E-state index in [0.29, 0.717) is 37.4 Å². The van der Waals surface area contributed by atoms with E-state index >= 15 is 0 Å². The zero-order valence-corrected chi connectivity index (χ0v) is 17.5. The zero-order valence-electron chi connectivity index (χ0n) is 16.7. The highest BCUT2D eigenvalue weighted by molar-refractivity contribution is 7.90. The molecule has 8 heteroatoms. The summed E-state index contributed by atoms with van der Waals surface area (Å²) >= 11 is 0. The number of rotatable bonds is 11. The lowest BCUT2D eigenvalue weighted by Gasteiger charge is -2.19. The van der Waals surface area contributed by atoms with E-state index in [1.54, 1.807) is 32.9 Å². The van der Waals surface area contributed by atoms with Crippen LogP contribution in [0.3, 0.4) is 0 Å². The second-order valence-electron chi connectivity index (χ2n) is 7.40. The molecule has 1 aromatic rings. The van der Waals surface area contributed by atoms with Crippen LogP contribution in [0, 0.1) is 0 Å². The van der Waals surface area contributed by atoms with Crippen molar-refractivity contribution in [2.75, 3.05) is 18.5 Å². The molecular weight excluding hydrogens is 368 g/mol. The first-order valence-electron chi connectivity index (χ1n) is 9.31. The molecular formula is C19H32N2O5S. The topological polar surface area (TPSA) is 105 Å². The van der Waals surface area contributed by atoms with E-state index in [4.69, 9.17) is 4.74 Å². The molecule has 0 saturated carbocycles. The van der Waals surface area contributed by atoms with Crippen LogP contribution in [0.15, 0.2) is 18.2 Å². The van der Waals surface area contributed by atoms with Crippen LogP contribution in [0.4, 0.5) is 5.69 Å². The summed E-state index contributed by atoms with van der Waals surface area (Å²) < 4.78 is 31.0. The summed E-state index contributed by atoms with van der Waals surface area (Å²) in [5, 5.41) is 12.7. The number of hydrogen-bond donors (Lipinski definition) is 3. The Balaban J connectivity index is 2.36. The minimum atomic E-state index is -3.36. The standard InChI is InChI=1S/C19H32N2O5S/c1-5-6-13-26-15-10-11-16(17(22)14-15)21-18(23)9-7-8-12-20-27(24,25)19(2,3)4/h10-11,14,20,22H,5-9,12-13H2,1-4H3,(H,21,23). The van der Waals surface area contributed by atoms with E-state index in [0.717, 1.165) is 12.8 Å². The molecule has 0 heterocycles. The average Bonchev–Trinajstić information content (AvgIpc) is 2.56. The molecule has 0 bridgehead atoms. The molecule has 154 valence electrons. The fourth-order valence-corrected chi connectivity index (χ4v) is 2.93. The van der Waals surface area contributed by atoms with Crippen molar-refractivity contribution in [3.8, 4) is 11.5 Å². The van der Waals surface area contributed by atoms with Crippen LogP contribution in [-0.4, -0.2) is 37.3 Å². The van der Waals surface area contributed by atoms with Crippen LogP contribution in [0.2, 0.25) is 0 Å². The minimum Gasteiger partial charge on any atom is -0.506 e. The third kappa shape index (κ3) is 8.17. The number of carbonyl (C=O) groups is 1. The smallest absolute Gasteiger partial charge is 0.224 e. The molecule has 0 aliphatic heterocycles. The number of ether oxygens (including phenoxy) is 1. The molecule has 1 amide bonds. The largest absolute Gasteiger partial charge is 0.506 e. The molecule has 7 nitrogen and oxygen atoms in total. The van der Waals surface area contributed by atoms with Gasteiger partial charge in [0.15, 0.2) is 0 Å². The summed E-state index contributed by atoms with van der Waals surface area (Å²) in [6.07, 6.45) is 3.30. The number of amides is 1. The second kappa shape index (κ2) is 10.5. The van der Waals surface area contributed by atoms with Gasteiger partial charge in [-0.3, -0.25) is 4.79 Å². The number of unbranched alkanes of at least 4 members (excludes halogenated alkanes) is 2. The summed E-state index contributed by atoms with van der Waals surface area (Å²) in [7, 11) is -3.36. The third-order valence-corrected chi connectivity index (χ3v) is 6.14. The second-order valence-corrected chi connectivity index (χ2v) is 9.92. The number of phenolic OH excluding ortho intramolecular Hbond substituents is 1. The Morgan fingerprint density at radius 2 is 1.89 bits per heavy atom. The van der Waals surface area contributed by atoms with Gasteiger partial charge in [-0.1, -0.05) is 13.3 Å². The summed E-state index contributed by atoms with van der Waals surface area (Å²) in [5.74, 6) is 0.281. The van der Waals surface area contributed by atoms with Crippen LogP contribution in [0.1, 0.15) is 59.8 Å². The monoisotopic (exact) mass is 400 g/mol. The van der Waals surface area contributed by atoms with Gasteiger partial charge in [0.1, 0.15) is 11.5 Å². The third-order valence-electron chi connectivity index (χ3n) is 3.94. The number of anilines is 1. The van der Waals surface area contributed by atoms with Crippen LogP contribution < -0.4 is 14.8 Å². The van der Waals surface area contributed by atoms with E-state index in [9.17, 15) is 18.3 Å². The summed E-state index contributed by atoms with van der Waals surface area (Å²) in [6, 6.07) is 4.78. The molecule has 0 aromatic heterocycles. The molecule has 0 fully saturated rings. The predicted octanol–water partition coefficient (Wildman–Crippen LogP) is 3.40. The van der Waals surface area contributed by atoms with Crippen molar-refractivity contribution < 1.29 is 23.1 Å². The first-order valence-corrected chi connectivity index (χ1v) is 10.8. The fraction of sp³-hybridized carbons (Fsp3) is 0.632. The Bertz CT molecular complexity index is 711. The summed E-state index contributed by atoms with van der Waals surface area (Å²) in [6.45, 7) is 7.85. The predicted molar refractivity (Wildman–Crippen MR) is 108 cm³/mol. The first kappa shape index (κ1) is 23.2. The van der Waals surface area contributed by atoms with Gasteiger partial charge in [0.2, 0.25) is 15.9 Å². The maximum atomic E-state index is 12.0. The van der Waals surface area contributed by atoms with E-state index in [1.807, 2.05) is 0 Å². The molecule has 0 spiro atoms. The molecule has 0 aliphatic rings. The maximum Gasteiger partial charge on any atom is 0.224 e. The lowest BCUT2D eigenvalue weighted by Crippen LogP contribution is -2.39. The van der Waals surface area contributed by atoms with Gasteiger partial charge in [-0.25, -0.2) is 13.1 Å². The van der Waals surface area contributed by atoms with Gasteiger partial charge in [0.05, 0.1) is 17.0 Å². The van der Waals surface area contributed by atoms with Crippen LogP contribution >= 0.6 is 0 Å². The maximum absolute atomic E-state index is 12.0. The molecule has 1 aromatic carbocycles. The van der Waals surface area contributed by atoms with E-state index < -0.39 is 14.8 Å². The number of hydrogen-bond acceptors (Lipinski definition) is 5. The molecule has 0 atom stereocenters. The Morgan fingerprint density at radius 3 is 2.48 bits per heavy atom. The molecule has 0 unspecified atom stereocenters. The van der Waals surface area contributed by atoms with Crippen molar-refractivity contribution in [1.29, 1.82) is 0 Å². The lowest BCUT2D eigenvalue weighted by molar-refractivity contribution is -0.116. The molecule has 3 N–H and O–H groups in total. The highest BCUT2D eigenvalue weighted by Crippen LogP contribution is 2.28. The lowest BCUT2D eigenvalue weighted by atomic mass is 10.2. The van der Waals surface area contributed by atoms with Gasteiger partial charge in [0, 0.05) is 19.0 Å². The van der Waals surface area contributed by atoms with Crippen molar-refractivity contribution in [1.82, 2.24) is 4.72 Å². The van der Waals surface area contributed by atoms with E-state index in [1.165, 1.54) is 6.07 Å². The molecule has 27 heavy (non-hydrogen) atoms. The Labute approximate surface area is 162 Å². The number of carbonyl (C=O) groups excluding carboxylic acids is 1. The zero-order chi connectivity index (χ0) is 20.5. The Kier molecular flexibility index (Phi) is 9.05. The first-order chi connectivity index (χ1) is 12.6. The van der Waals surface area contributed by atoms with Crippen molar-refractivity contribution in [3.63, 3.8) is 0 Å². The van der Waals surface area contributed by atoms with Crippen molar-refractivity contribution in [2.24, 2.45) is 0 Å². The van der Waals surface area contributed by atoms with Crippen LogP contribution in [0.5, 0.6) is 11.5 Å². The fourth-order valence-electron chi connectivity index (χ4n) is 2.09. The van der Waals surface area contributed by atoms with Gasteiger partial charge in [0.25, 0.3) is 0 Å². The SMILES string of the molecule is CCCCOc1ccc(NC(=O)CCCCNS(=O)(=O)C(C)(C)C)c(O)c1. The number of benzene rings is 1. The molecule has 0 saturated heterocycles. The normalized spacial score (nSPS) is 12.0. The molecule has 0 aliphatic carbocycles. The number of phenols is 1. The number of aromatic hydroxyl groups is 1. The van der Waals surface area contributed by atoms with Crippen LogP contribution in [0.25, 0.3) is 0 Å². The molecule has 0 radical (unpaired) electrons. The van der Waals surface area contributed by atoms with Gasteiger partial charge in [-0.2, -0.15) is 0 Å². The minimum absolute atomic E-state index is 0.0460. The average molecular weight is 401 g/mol. The van der Waals surface area contributed by atoms with E-state index in [-0.39, 0.29) is 18.1 Å². The quantitative estimate of drug-likeness (QED) is 0.390. The summed E-state index contributed by atoms with van der Waals surface area (Å²) in [5.41, 5.74) is 0.330. The van der Waals surface area contributed by atoms with Crippen molar-refractivity contribution in [2.45, 2.75) is 64.5 Å². The van der Waals surface area contributed by atoms with Crippen LogP contribution in [-0.2, 0) is 14.8 Å². The van der Waals surface area contributed by atoms with Gasteiger partial charge in [-0.15, -0.1) is 0 Å². The highest BCUT2D eigenvalue weighted by Gasteiger charge is 2.27. The van der Waals surface area contributed by atoms with Crippen molar-refractivity contribution >= 4 is 21.6 Å². The summed E-state index contributed by atoms with van der Waals surface area (Å²) in [4.78, 5) is 12.0. The highest BCUT2D eigenvalue weighted by atomic mass is 32.2. The van der Waals surface area contributed by atoms with Crippen molar-refractivity contribution in [3.05, 3.63) is 18.2 Å². The van der Waals surface area contributed by atoms with Gasteiger partial charge < -0.3 is 15.2 Å².